The van der Waals surface area contributed by atoms with E-state index in [1.807, 2.05) is 36.4 Å². The summed E-state index contributed by atoms with van der Waals surface area (Å²) in [4.78, 5) is 0. The maximum absolute atomic E-state index is 5.94. The van der Waals surface area contributed by atoms with E-state index in [2.05, 4.69) is 15.9 Å². The lowest BCUT2D eigenvalue weighted by Crippen LogP contribution is -1.74. The zero-order chi connectivity index (χ0) is 8.10. The third kappa shape index (κ3) is 2.68. The summed E-state index contributed by atoms with van der Waals surface area (Å²) >= 11 is 9.22. The van der Waals surface area contributed by atoms with Gasteiger partial charge in [-0.2, -0.15) is 0 Å². The molecule has 0 spiro atoms. The zero-order valence-corrected chi connectivity index (χ0v) is 8.27. The molecule has 0 saturated carbocycles. The smallest absolute Gasteiger partial charge is 0.0446 e. The Kier molecular flexibility index (Phi) is 3.67. The highest BCUT2D eigenvalue weighted by molar-refractivity contribution is 9.09. The van der Waals surface area contributed by atoms with Gasteiger partial charge in [-0.15, -0.1) is 0 Å². The van der Waals surface area contributed by atoms with Crippen molar-refractivity contribution < 1.29 is 0 Å². The second kappa shape index (κ2) is 4.58. The standard InChI is InChI=1S/C9H8BrCl/c10-7-6-9(11)8-4-2-1-3-5-8/h1-6H,7H2. The van der Waals surface area contributed by atoms with Crippen molar-refractivity contribution in [1.29, 1.82) is 0 Å². The Bertz CT molecular complexity index is 241. The van der Waals surface area contributed by atoms with Gasteiger partial charge in [0.25, 0.3) is 0 Å². The maximum atomic E-state index is 5.94. The van der Waals surface area contributed by atoms with Crippen molar-refractivity contribution in [3.05, 3.63) is 42.0 Å². The summed E-state index contributed by atoms with van der Waals surface area (Å²) in [6.07, 6.45) is 1.93. The first-order valence-corrected chi connectivity index (χ1v) is 4.81. The summed E-state index contributed by atoms with van der Waals surface area (Å²) in [7, 11) is 0. The van der Waals surface area contributed by atoms with Gasteiger partial charge in [0.15, 0.2) is 0 Å². The minimum Gasteiger partial charge on any atom is -0.0882 e. The molecular weight excluding hydrogens is 223 g/mol. The van der Waals surface area contributed by atoms with Crippen molar-refractivity contribution in [2.24, 2.45) is 0 Å². The van der Waals surface area contributed by atoms with Crippen LogP contribution in [0.25, 0.3) is 5.03 Å². The molecule has 0 heterocycles. The van der Waals surface area contributed by atoms with E-state index in [0.717, 1.165) is 15.9 Å². The third-order valence-electron chi connectivity index (χ3n) is 1.31. The summed E-state index contributed by atoms with van der Waals surface area (Å²) in [5.74, 6) is 0. The molecule has 0 radical (unpaired) electrons. The number of allylic oxidation sites excluding steroid dienone is 1. The van der Waals surface area contributed by atoms with E-state index in [4.69, 9.17) is 11.6 Å². The molecule has 1 rings (SSSR count). The average Bonchev–Trinajstić information content (AvgIpc) is 2.07. The Morgan fingerprint density at radius 2 is 2.00 bits per heavy atom. The Morgan fingerprint density at radius 1 is 1.36 bits per heavy atom. The van der Waals surface area contributed by atoms with Crippen LogP contribution in [0.4, 0.5) is 0 Å². The number of benzene rings is 1. The largest absolute Gasteiger partial charge is 0.0882 e. The topological polar surface area (TPSA) is 0 Å². The first-order valence-electron chi connectivity index (χ1n) is 3.31. The van der Waals surface area contributed by atoms with Gasteiger partial charge in [-0.05, 0) is 5.56 Å². The maximum Gasteiger partial charge on any atom is 0.0446 e. The van der Waals surface area contributed by atoms with Crippen LogP contribution in [-0.4, -0.2) is 5.33 Å². The van der Waals surface area contributed by atoms with Gasteiger partial charge in [0, 0.05) is 10.4 Å². The normalized spacial score (nSPS) is 11.6. The lowest BCUT2D eigenvalue weighted by atomic mass is 10.2. The Labute approximate surface area is 80.0 Å². The minimum atomic E-state index is 0.792. The molecular formula is C9H8BrCl. The van der Waals surface area contributed by atoms with Crippen molar-refractivity contribution in [3.63, 3.8) is 0 Å². The van der Waals surface area contributed by atoms with Gasteiger partial charge in [0.1, 0.15) is 0 Å². The van der Waals surface area contributed by atoms with Gasteiger partial charge < -0.3 is 0 Å². The Morgan fingerprint density at radius 3 is 2.55 bits per heavy atom. The molecule has 1 aromatic rings. The van der Waals surface area contributed by atoms with E-state index < -0.39 is 0 Å². The van der Waals surface area contributed by atoms with Crippen molar-refractivity contribution in [3.8, 4) is 0 Å². The number of rotatable bonds is 2. The molecule has 0 unspecified atom stereocenters. The van der Waals surface area contributed by atoms with Crippen molar-refractivity contribution >= 4 is 32.6 Å². The van der Waals surface area contributed by atoms with Crippen LogP contribution < -0.4 is 0 Å². The molecule has 0 saturated heterocycles. The summed E-state index contributed by atoms with van der Waals surface area (Å²) in [6.45, 7) is 0. The van der Waals surface area contributed by atoms with E-state index in [0.29, 0.717) is 0 Å². The van der Waals surface area contributed by atoms with E-state index in [1.165, 1.54) is 0 Å². The second-order valence-electron chi connectivity index (χ2n) is 2.07. The van der Waals surface area contributed by atoms with Crippen LogP contribution in [0.1, 0.15) is 5.56 Å². The molecule has 0 atom stereocenters. The molecule has 2 heteroatoms. The highest BCUT2D eigenvalue weighted by Gasteiger charge is 1.93. The number of alkyl halides is 1. The molecule has 0 fully saturated rings. The molecule has 0 aromatic heterocycles. The van der Waals surface area contributed by atoms with Gasteiger partial charge in [0.05, 0.1) is 0 Å². The van der Waals surface area contributed by atoms with Crippen molar-refractivity contribution in [2.75, 3.05) is 5.33 Å². The molecule has 0 amide bonds. The summed E-state index contributed by atoms with van der Waals surface area (Å²) in [5, 5.41) is 1.59. The predicted molar refractivity (Wildman–Crippen MR) is 54.1 cm³/mol. The fourth-order valence-electron chi connectivity index (χ4n) is 0.783. The van der Waals surface area contributed by atoms with E-state index in [-0.39, 0.29) is 0 Å². The quantitative estimate of drug-likeness (QED) is 0.682. The van der Waals surface area contributed by atoms with Crippen LogP contribution in [0.15, 0.2) is 36.4 Å². The average molecular weight is 232 g/mol. The van der Waals surface area contributed by atoms with Crippen LogP contribution >= 0.6 is 27.5 Å². The van der Waals surface area contributed by atoms with Crippen molar-refractivity contribution in [2.45, 2.75) is 0 Å². The lowest BCUT2D eigenvalue weighted by Gasteiger charge is -1.95. The van der Waals surface area contributed by atoms with Crippen LogP contribution in [0.3, 0.4) is 0 Å². The molecule has 0 bridgehead atoms. The molecule has 0 aliphatic carbocycles. The van der Waals surface area contributed by atoms with Crippen molar-refractivity contribution in [1.82, 2.24) is 0 Å². The third-order valence-corrected chi connectivity index (χ3v) is 2.00. The number of halogens is 2. The molecule has 11 heavy (non-hydrogen) atoms. The zero-order valence-electron chi connectivity index (χ0n) is 5.93. The summed E-state index contributed by atoms with van der Waals surface area (Å²) in [6, 6.07) is 9.89. The number of hydrogen-bond donors (Lipinski definition) is 0. The van der Waals surface area contributed by atoms with Crippen LogP contribution in [-0.2, 0) is 0 Å². The predicted octanol–water partition coefficient (Wildman–Crippen LogP) is 3.66. The fraction of sp³-hybridized carbons (Fsp3) is 0.111. The van der Waals surface area contributed by atoms with Gasteiger partial charge in [-0.1, -0.05) is 63.9 Å². The summed E-state index contributed by atoms with van der Waals surface area (Å²) < 4.78 is 0. The molecule has 0 N–H and O–H groups in total. The molecule has 0 aliphatic heterocycles. The first-order chi connectivity index (χ1) is 5.34. The highest BCUT2D eigenvalue weighted by atomic mass is 79.9. The minimum absolute atomic E-state index is 0.792. The van der Waals surface area contributed by atoms with E-state index in [9.17, 15) is 0 Å². The Hall–Kier alpha value is -0.270. The van der Waals surface area contributed by atoms with Gasteiger partial charge in [-0.25, -0.2) is 0 Å². The fourth-order valence-corrected chi connectivity index (χ4v) is 1.50. The van der Waals surface area contributed by atoms with Crippen LogP contribution in [0, 0.1) is 0 Å². The number of hydrogen-bond acceptors (Lipinski definition) is 0. The monoisotopic (exact) mass is 230 g/mol. The summed E-state index contributed by atoms with van der Waals surface area (Å²) in [5.41, 5.74) is 1.06. The SMILES string of the molecule is ClC(=CCBr)c1ccccc1. The molecule has 58 valence electrons. The van der Waals surface area contributed by atoms with Gasteiger partial charge >= 0.3 is 0 Å². The highest BCUT2D eigenvalue weighted by Crippen LogP contribution is 2.17. The van der Waals surface area contributed by atoms with Gasteiger partial charge in [0.2, 0.25) is 0 Å². The van der Waals surface area contributed by atoms with Gasteiger partial charge in [-0.3, -0.25) is 0 Å². The van der Waals surface area contributed by atoms with E-state index in [1.54, 1.807) is 0 Å². The van der Waals surface area contributed by atoms with E-state index >= 15 is 0 Å². The first kappa shape index (κ1) is 8.82. The molecule has 0 nitrogen and oxygen atoms in total. The van der Waals surface area contributed by atoms with Crippen LogP contribution in [0.5, 0.6) is 0 Å². The molecule has 1 aromatic carbocycles. The molecule has 0 aliphatic rings. The second-order valence-corrected chi connectivity index (χ2v) is 3.13. The van der Waals surface area contributed by atoms with Crippen LogP contribution in [0.2, 0.25) is 0 Å². The Balaban J connectivity index is 2.85. The lowest BCUT2D eigenvalue weighted by molar-refractivity contribution is 1.64.